The second kappa shape index (κ2) is 7.48. The molecule has 1 aromatic heterocycles. The van der Waals surface area contributed by atoms with E-state index in [0.29, 0.717) is 6.42 Å². The van der Waals surface area contributed by atoms with E-state index in [1.165, 1.54) is 18.3 Å². The average molecular weight is 311 g/mol. The SMILES string of the molecule is CCCNC(Cc1ccc(Cl)c(F)c1)c1ccc(F)cn1. The molecule has 0 spiro atoms. The van der Waals surface area contributed by atoms with E-state index < -0.39 is 5.82 Å². The van der Waals surface area contributed by atoms with Gasteiger partial charge in [0.05, 0.1) is 23.0 Å². The number of benzene rings is 1. The molecule has 1 aromatic carbocycles. The fraction of sp³-hybridized carbons (Fsp3) is 0.312. The van der Waals surface area contributed by atoms with Gasteiger partial charge in [0.1, 0.15) is 11.6 Å². The highest BCUT2D eigenvalue weighted by molar-refractivity contribution is 6.30. The molecule has 21 heavy (non-hydrogen) atoms. The van der Waals surface area contributed by atoms with Gasteiger partial charge in [0.2, 0.25) is 0 Å². The third-order valence-corrected chi connectivity index (χ3v) is 3.48. The molecule has 0 fully saturated rings. The van der Waals surface area contributed by atoms with Crippen LogP contribution < -0.4 is 5.32 Å². The fourth-order valence-electron chi connectivity index (χ4n) is 2.10. The molecule has 1 heterocycles. The van der Waals surface area contributed by atoms with Crippen LogP contribution in [0.2, 0.25) is 5.02 Å². The van der Waals surface area contributed by atoms with E-state index in [-0.39, 0.29) is 16.9 Å². The summed E-state index contributed by atoms with van der Waals surface area (Å²) in [5.74, 6) is -0.805. The number of pyridine rings is 1. The van der Waals surface area contributed by atoms with Gasteiger partial charge < -0.3 is 5.32 Å². The number of hydrogen-bond acceptors (Lipinski definition) is 2. The average Bonchev–Trinajstić information content (AvgIpc) is 2.48. The van der Waals surface area contributed by atoms with Gasteiger partial charge in [-0.15, -0.1) is 0 Å². The van der Waals surface area contributed by atoms with E-state index in [1.54, 1.807) is 18.2 Å². The minimum Gasteiger partial charge on any atom is -0.308 e. The molecule has 5 heteroatoms. The Kier molecular flexibility index (Phi) is 5.65. The summed E-state index contributed by atoms with van der Waals surface area (Å²) in [6.07, 6.45) is 2.72. The molecule has 0 saturated heterocycles. The molecule has 2 aromatic rings. The van der Waals surface area contributed by atoms with Crippen molar-refractivity contribution in [2.75, 3.05) is 6.54 Å². The van der Waals surface area contributed by atoms with Crippen LogP contribution in [-0.2, 0) is 6.42 Å². The highest BCUT2D eigenvalue weighted by atomic mass is 35.5. The number of hydrogen-bond donors (Lipinski definition) is 1. The maximum Gasteiger partial charge on any atom is 0.142 e. The van der Waals surface area contributed by atoms with Crippen LogP contribution in [0.15, 0.2) is 36.5 Å². The Balaban J connectivity index is 2.19. The van der Waals surface area contributed by atoms with E-state index in [9.17, 15) is 8.78 Å². The molecular weight excluding hydrogens is 294 g/mol. The van der Waals surface area contributed by atoms with Crippen molar-refractivity contribution >= 4 is 11.6 Å². The van der Waals surface area contributed by atoms with Gasteiger partial charge in [-0.25, -0.2) is 8.78 Å². The first-order chi connectivity index (χ1) is 10.1. The first kappa shape index (κ1) is 15.9. The molecule has 0 bridgehead atoms. The van der Waals surface area contributed by atoms with Crippen LogP contribution in [0.1, 0.15) is 30.6 Å². The van der Waals surface area contributed by atoms with Gasteiger partial charge in [0, 0.05) is 0 Å². The van der Waals surface area contributed by atoms with Gasteiger partial charge >= 0.3 is 0 Å². The Morgan fingerprint density at radius 2 is 2.05 bits per heavy atom. The maximum absolute atomic E-state index is 13.5. The van der Waals surface area contributed by atoms with E-state index in [1.807, 2.05) is 0 Å². The highest BCUT2D eigenvalue weighted by Crippen LogP contribution is 2.21. The van der Waals surface area contributed by atoms with E-state index in [2.05, 4.69) is 17.2 Å². The predicted molar refractivity (Wildman–Crippen MR) is 80.3 cm³/mol. The minimum absolute atomic E-state index is 0.0916. The monoisotopic (exact) mass is 310 g/mol. The van der Waals surface area contributed by atoms with E-state index in [4.69, 9.17) is 11.6 Å². The van der Waals surface area contributed by atoms with E-state index in [0.717, 1.165) is 24.2 Å². The van der Waals surface area contributed by atoms with Gasteiger partial charge in [-0.05, 0) is 49.2 Å². The van der Waals surface area contributed by atoms with Gasteiger partial charge in [0.15, 0.2) is 0 Å². The van der Waals surface area contributed by atoms with Gasteiger partial charge in [-0.3, -0.25) is 4.98 Å². The fourth-order valence-corrected chi connectivity index (χ4v) is 2.21. The summed E-state index contributed by atoms with van der Waals surface area (Å²) in [5, 5.41) is 3.46. The van der Waals surface area contributed by atoms with Crippen LogP contribution in [-0.4, -0.2) is 11.5 Å². The molecule has 2 rings (SSSR count). The van der Waals surface area contributed by atoms with Crippen LogP contribution in [0.25, 0.3) is 0 Å². The third kappa shape index (κ3) is 4.48. The van der Waals surface area contributed by atoms with Crippen molar-refractivity contribution in [1.29, 1.82) is 0 Å². The van der Waals surface area contributed by atoms with Crippen molar-refractivity contribution in [2.24, 2.45) is 0 Å². The Hall–Kier alpha value is -1.52. The molecule has 0 aliphatic carbocycles. The molecule has 0 aliphatic rings. The van der Waals surface area contributed by atoms with Crippen LogP contribution in [0.3, 0.4) is 0 Å². The number of nitrogens with one attached hydrogen (secondary N) is 1. The van der Waals surface area contributed by atoms with Gasteiger partial charge in [-0.2, -0.15) is 0 Å². The largest absolute Gasteiger partial charge is 0.308 e. The van der Waals surface area contributed by atoms with Crippen molar-refractivity contribution in [3.8, 4) is 0 Å². The first-order valence-corrected chi connectivity index (χ1v) is 7.26. The quantitative estimate of drug-likeness (QED) is 0.860. The second-order valence-electron chi connectivity index (χ2n) is 4.86. The Morgan fingerprint density at radius 3 is 2.67 bits per heavy atom. The predicted octanol–water partition coefficient (Wildman–Crippen LogP) is 4.30. The molecule has 0 radical (unpaired) electrons. The molecule has 1 N–H and O–H groups in total. The number of rotatable bonds is 6. The van der Waals surface area contributed by atoms with Crippen molar-refractivity contribution < 1.29 is 8.78 Å². The molecule has 0 saturated carbocycles. The van der Waals surface area contributed by atoms with Crippen LogP contribution in [0.4, 0.5) is 8.78 Å². The number of nitrogens with zero attached hydrogens (tertiary/aromatic N) is 1. The summed E-state index contributed by atoms with van der Waals surface area (Å²) < 4.78 is 26.5. The lowest BCUT2D eigenvalue weighted by atomic mass is 10.0. The summed E-state index contributed by atoms with van der Waals surface area (Å²) in [6.45, 7) is 2.86. The first-order valence-electron chi connectivity index (χ1n) is 6.89. The lowest BCUT2D eigenvalue weighted by Crippen LogP contribution is -2.25. The summed E-state index contributed by atoms with van der Waals surface area (Å²) >= 11 is 5.69. The Bertz CT molecular complexity index is 587. The standard InChI is InChI=1S/C16H17ClF2N2/c1-2-7-20-16(15-6-4-12(18)10-21-15)9-11-3-5-13(17)14(19)8-11/h3-6,8,10,16,20H,2,7,9H2,1H3. The lowest BCUT2D eigenvalue weighted by molar-refractivity contribution is 0.512. The van der Waals surface area contributed by atoms with Crippen molar-refractivity contribution in [3.63, 3.8) is 0 Å². The normalized spacial score (nSPS) is 12.4. The van der Waals surface area contributed by atoms with E-state index >= 15 is 0 Å². The molecule has 1 unspecified atom stereocenters. The number of halogens is 3. The molecule has 1 atom stereocenters. The second-order valence-corrected chi connectivity index (χ2v) is 5.27. The zero-order valence-corrected chi connectivity index (χ0v) is 12.5. The molecular formula is C16H17ClF2N2. The number of aromatic nitrogens is 1. The van der Waals surface area contributed by atoms with Crippen molar-refractivity contribution in [1.82, 2.24) is 10.3 Å². The molecule has 0 amide bonds. The van der Waals surface area contributed by atoms with Crippen molar-refractivity contribution in [2.45, 2.75) is 25.8 Å². The van der Waals surface area contributed by atoms with Crippen LogP contribution in [0.5, 0.6) is 0 Å². The summed E-state index contributed by atoms with van der Waals surface area (Å²) in [5.41, 5.74) is 1.55. The van der Waals surface area contributed by atoms with Crippen LogP contribution >= 0.6 is 11.6 Å². The summed E-state index contributed by atoms with van der Waals surface area (Å²) in [7, 11) is 0. The topological polar surface area (TPSA) is 24.9 Å². The molecule has 0 aliphatic heterocycles. The highest BCUT2D eigenvalue weighted by Gasteiger charge is 2.14. The molecule has 2 nitrogen and oxygen atoms in total. The maximum atomic E-state index is 13.5. The molecule has 112 valence electrons. The minimum atomic E-state index is -0.435. The zero-order chi connectivity index (χ0) is 15.2. The van der Waals surface area contributed by atoms with Crippen LogP contribution in [0, 0.1) is 11.6 Å². The summed E-state index contributed by atoms with van der Waals surface area (Å²) in [6, 6.07) is 7.69. The Labute approximate surface area is 128 Å². The smallest absolute Gasteiger partial charge is 0.142 e. The summed E-state index contributed by atoms with van der Waals surface area (Å²) in [4.78, 5) is 4.11. The van der Waals surface area contributed by atoms with Crippen molar-refractivity contribution in [3.05, 3.63) is 64.4 Å². The zero-order valence-electron chi connectivity index (χ0n) is 11.7. The van der Waals surface area contributed by atoms with Gasteiger partial charge in [0.25, 0.3) is 0 Å². The Morgan fingerprint density at radius 1 is 1.24 bits per heavy atom. The third-order valence-electron chi connectivity index (χ3n) is 3.17. The lowest BCUT2D eigenvalue weighted by Gasteiger charge is -2.18. The van der Waals surface area contributed by atoms with Gasteiger partial charge in [-0.1, -0.05) is 24.6 Å².